The van der Waals surface area contributed by atoms with Gasteiger partial charge < -0.3 is 38.9 Å². The average Bonchev–Trinajstić information content (AvgIpc) is 3.06. The van der Waals surface area contributed by atoms with Gasteiger partial charge in [0.15, 0.2) is 5.60 Å². The summed E-state index contributed by atoms with van der Waals surface area (Å²) in [5.74, 6) is -3.71. The predicted molar refractivity (Wildman–Crippen MR) is 163 cm³/mol. The van der Waals surface area contributed by atoms with Crippen LogP contribution in [0.4, 0.5) is 0 Å². The number of aliphatic carboxylic acids is 2. The molecule has 15 heteroatoms. The van der Waals surface area contributed by atoms with Gasteiger partial charge in [0, 0.05) is 12.8 Å². The van der Waals surface area contributed by atoms with Gasteiger partial charge in [-0.2, -0.15) is 5.48 Å². The third-order valence-electron chi connectivity index (χ3n) is 6.92. The van der Waals surface area contributed by atoms with Crippen LogP contribution < -0.4 is 20.5 Å². The number of methoxy groups -OCH3 is 1. The second-order valence-corrected chi connectivity index (χ2v) is 10.7. The summed E-state index contributed by atoms with van der Waals surface area (Å²) in [4.78, 5) is 82.2. The zero-order valence-electron chi connectivity index (χ0n) is 26.3. The van der Waals surface area contributed by atoms with Crippen LogP contribution in [0.15, 0.2) is 48.5 Å². The molecule has 3 atom stereocenters. The summed E-state index contributed by atoms with van der Waals surface area (Å²) in [5, 5.41) is 17.8. The Bertz CT molecular complexity index is 1330. The predicted octanol–water partition coefficient (Wildman–Crippen LogP) is 2.54. The second-order valence-electron chi connectivity index (χ2n) is 10.7. The third-order valence-corrected chi connectivity index (χ3v) is 6.92. The van der Waals surface area contributed by atoms with Crippen molar-refractivity contribution in [2.45, 2.75) is 76.9 Å². The molecule has 15 nitrogen and oxygen atoms in total. The monoisotopic (exact) mass is 660 g/mol. The highest BCUT2D eigenvalue weighted by Crippen LogP contribution is 2.29. The molecule has 2 aromatic rings. The average molecular weight is 661 g/mol. The van der Waals surface area contributed by atoms with Crippen molar-refractivity contribution in [2.24, 2.45) is 5.92 Å². The van der Waals surface area contributed by atoms with Crippen molar-refractivity contribution in [2.75, 3.05) is 7.11 Å². The van der Waals surface area contributed by atoms with E-state index in [1.54, 1.807) is 50.2 Å². The van der Waals surface area contributed by atoms with E-state index in [1.165, 1.54) is 19.2 Å². The van der Waals surface area contributed by atoms with Gasteiger partial charge in [-0.3, -0.25) is 19.2 Å². The number of hydroxylamine groups is 2. The van der Waals surface area contributed by atoms with E-state index in [9.17, 15) is 28.8 Å². The molecule has 256 valence electrons. The number of carbonyl (C=O) groups is 6. The number of carbonyl (C=O) groups excluding carboxylic acids is 4. The van der Waals surface area contributed by atoms with Crippen LogP contribution in [0.3, 0.4) is 0 Å². The van der Waals surface area contributed by atoms with E-state index >= 15 is 0 Å². The Morgan fingerprint density at radius 2 is 1.26 bits per heavy atom. The number of esters is 2. The van der Waals surface area contributed by atoms with Crippen LogP contribution in [0, 0.1) is 5.92 Å². The van der Waals surface area contributed by atoms with E-state index in [-0.39, 0.29) is 38.9 Å². The number of hydrogen-bond acceptors (Lipinski definition) is 13. The number of carboxylic acid groups (broad SMARTS) is 2. The fraction of sp³-hybridized carbons (Fsp3) is 0.438. The third kappa shape index (κ3) is 13.2. The molecule has 0 saturated carbocycles. The molecule has 0 heterocycles. The first-order valence-corrected chi connectivity index (χ1v) is 14.7. The molecule has 2 aromatic carbocycles. The molecule has 0 radical (unpaired) electrons. The molecule has 0 aromatic heterocycles. The first kappa shape index (κ1) is 38.3. The zero-order chi connectivity index (χ0) is 34.8. The Balaban J connectivity index is 2.14. The quantitative estimate of drug-likeness (QED) is 0.0766. The number of nitrogens with one attached hydrogen (secondary N) is 2. The summed E-state index contributed by atoms with van der Waals surface area (Å²) in [6.45, 7) is 2.85. The summed E-state index contributed by atoms with van der Waals surface area (Å²) in [6.07, 6.45) is -0.314. The number of rotatable bonds is 23. The Kier molecular flexibility index (Phi) is 16.0. The van der Waals surface area contributed by atoms with E-state index in [2.05, 4.69) is 11.0 Å². The smallest absolute Gasteiger partial charge is 0.341 e. The minimum absolute atomic E-state index is 0.0313. The van der Waals surface area contributed by atoms with Crippen LogP contribution in [0.5, 0.6) is 11.5 Å². The molecular formula is C32H40N2O13. The standard InChI is InChI=1S/C32H40N2O13/c1-21(2)32(47-34-25(18-36)9-15-29(39)40,16-30(41)44-19-22-4-10-26(43-3)11-5-22)31(42)45-20-23-6-12-27(13-7-23)46-33-24(17-35)8-14-28(37)38/h4-7,10-13,17-18,21,24-25,33-34H,8-9,14-16,19-20H2,1-3H3,(H,37,38)(H,39,40)/t24-,25-,32?/m1/s1. The van der Waals surface area contributed by atoms with E-state index in [1.807, 2.05) is 0 Å². The van der Waals surface area contributed by atoms with Crippen molar-refractivity contribution in [3.63, 3.8) is 0 Å². The van der Waals surface area contributed by atoms with Gasteiger partial charge in [-0.15, -0.1) is 5.48 Å². The molecule has 0 saturated heterocycles. The fourth-order valence-electron chi connectivity index (χ4n) is 3.98. The van der Waals surface area contributed by atoms with E-state index in [0.29, 0.717) is 35.2 Å². The fourth-order valence-corrected chi connectivity index (χ4v) is 3.98. The van der Waals surface area contributed by atoms with Crippen LogP contribution in [0.25, 0.3) is 0 Å². The highest BCUT2D eigenvalue weighted by atomic mass is 16.7. The zero-order valence-corrected chi connectivity index (χ0v) is 26.3. The van der Waals surface area contributed by atoms with Gasteiger partial charge in [-0.05, 0) is 54.2 Å². The van der Waals surface area contributed by atoms with Crippen molar-refractivity contribution < 1.29 is 62.9 Å². The molecule has 0 amide bonds. The van der Waals surface area contributed by atoms with Crippen molar-refractivity contribution in [3.05, 3.63) is 59.7 Å². The number of carboxylic acids is 2. The lowest BCUT2D eigenvalue weighted by Crippen LogP contribution is -2.54. The number of ether oxygens (including phenoxy) is 3. The Hall–Kier alpha value is -4.86. The highest BCUT2D eigenvalue weighted by Gasteiger charge is 2.48. The van der Waals surface area contributed by atoms with Crippen LogP contribution >= 0.6 is 0 Å². The topological polar surface area (TPSA) is 213 Å². The first-order chi connectivity index (χ1) is 22.4. The lowest BCUT2D eigenvalue weighted by atomic mass is 9.87. The molecule has 0 bridgehead atoms. The SMILES string of the molecule is COc1ccc(COC(=O)CC(ON[C@@H](C=O)CCC(=O)O)(C(=O)OCc2ccc(ON[C@@H](C=O)CCC(=O)O)cc2)C(C)C)cc1. The maximum Gasteiger partial charge on any atom is 0.341 e. The summed E-state index contributed by atoms with van der Waals surface area (Å²) in [5.41, 5.74) is 4.12. The normalized spacial score (nSPS) is 13.4. The van der Waals surface area contributed by atoms with Crippen molar-refractivity contribution in [1.82, 2.24) is 11.0 Å². The Morgan fingerprint density at radius 1 is 0.766 bits per heavy atom. The van der Waals surface area contributed by atoms with Crippen LogP contribution in [0.2, 0.25) is 0 Å². The van der Waals surface area contributed by atoms with Crippen LogP contribution in [-0.2, 0) is 56.3 Å². The van der Waals surface area contributed by atoms with Crippen LogP contribution in [-0.4, -0.2) is 71.5 Å². The van der Waals surface area contributed by atoms with Gasteiger partial charge in [0.05, 0.1) is 25.6 Å². The van der Waals surface area contributed by atoms with Crippen LogP contribution in [0.1, 0.15) is 57.1 Å². The molecule has 2 rings (SSSR count). The number of benzene rings is 2. The molecule has 0 aliphatic carbocycles. The second kappa shape index (κ2) is 19.6. The van der Waals surface area contributed by atoms with Gasteiger partial charge in [0.1, 0.15) is 37.3 Å². The summed E-state index contributed by atoms with van der Waals surface area (Å²) < 4.78 is 16.1. The van der Waals surface area contributed by atoms with Gasteiger partial charge in [0.2, 0.25) is 0 Å². The summed E-state index contributed by atoms with van der Waals surface area (Å²) in [7, 11) is 1.52. The minimum atomic E-state index is -1.98. The van der Waals surface area contributed by atoms with Crippen molar-refractivity contribution >= 4 is 36.4 Å². The van der Waals surface area contributed by atoms with E-state index in [4.69, 9.17) is 34.1 Å². The summed E-state index contributed by atoms with van der Waals surface area (Å²) in [6, 6.07) is 11.1. The lowest BCUT2D eigenvalue weighted by Gasteiger charge is -2.34. The van der Waals surface area contributed by atoms with Crippen molar-refractivity contribution in [3.8, 4) is 11.5 Å². The molecular weight excluding hydrogens is 620 g/mol. The maximum atomic E-state index is 13.6. The van der Waals surface area contributed by atoms with Gasteiger partial charge in [-0.25, -0.2) is 4.79 Å². The lowest BCUT2D eigenvalue weighted by molar-refractivity contribution is -0.204. The number of aldehydes is 2. The largest absolute Gasteiger partial charge is 0.497 e. The first-order valence-electron chi connectivity index (χ1n) is 14.7. The molecule has 0 fully saturated rings. The van der Waals surface area contributed by atoms with E-state index < -0.39 is 53.9 Å². The van der Waals surface area contributed by atoms with Gasteiger partial charge in [0.25, 0.3) is 0 Å². The molecule has 0 aliphatic heterocycles. The van der Waals surface area contributed by atoms with Crippen molar-refractivity contribution in [1.29, 1.82) is 0 Å². The maximum absolute atomic E-state index is 13.6. The Morgan fingerprint density at radius 3 is 1.72 bits per heavy atom. The number of hydrogen-bond donors (Lipinski definition) is 4. The van der Waals surface area contributed by atoms with Gasteiger partial charge >= 0.3 is 23.9 Å². The molecule has 47 heavy (non-hydrogen) atoms. The molecule has 0 spiro atoms. The van der Waals surface area contributed by atoms with Gasteiger partial charge in [-0.1, -0.05) is 38.1 Å². The highest BCUT2D eigenvalue weighted by molar-refractivity contribution is 5.86. The minimum Gasteiger partial charge on any atom is -0.497 e. The molecule has 0 aliphatic rings. The molecule has 4 N–H and O–H groups in total. The van der Waals surface area contributed by atoms with E-state index in [0.717, 1.165) is 0 Å². The molecule has 1 unspecified atom stereocenters. The Labute approximate surface area is 271 Å². The summed E-state index contributed by atoms with van der Waals surface area (Å²) >= 11 is 0.